The van der Waals surface area contributed by atoms with Crippen LogP contribution in [0, 0.1) is 23.7 Å². The van der Waals surface area contributed by atoms with Gasteiger partial charge in [0.2, 0.25) is 0 Å². The Kier molecular flexibility index (Phi) is 3.50. The molecule has 0 unspecified atom stereocenters. The molecule has 1 aromatic rings. The number of nitriles is 1. The van der Waals surface area contributed by atoms with Gasteiger partial charge in [-0.2, -0.15) is 5.26 Å². The molecular formula is C17H22ClN3. The highest BCUT2D eigenvalue weighted by Crippen LogP contribution is 2.56. The van der Waals surface area contributed by atoms with Crippen molar-refractivity contribution in [1.82, 2.24) is 10.3 Å². The first-order chi connectivity index (χ1) is 9.89. The van der Waals surface area contributed by atoms with Crippen LogP contribution in [0.1, 0.15) is 56.0 Å². The first-order valence-corrected chi connectivity index (χ1v) is 8.07. The Hall–Kier alpha value is -1.11. The number of rotatable bonds is 1. The Morgan fingerprint density at radius 2 is 2.10 bits per heavy atom. The fourth-order valence-electron chi connectivity index (χ4n) is 3.95. The number of piperidine rings is 1. The maximum atomic E-state index is 9.57. The first-order valence-electron chi connectivity index (χ1n) is 7.69. The van der Waals surface area contributed by atoms with Gasteiger partial charge < -0.3 is 5.32 Å². The molecule has 3 rings (SSSR count). The Balaban J connectivity index is 2.15. The van der Waals surface area contributed by atoms with Gasteiger partial charge in [-0.3, -0.25) is 4.98 Å². The first kappa shape index (κ1) is 14.8. The molecule has 3 nitrogen and oxygen atoms in total. The predicted molar refractivity (Wildman–Crippen MR) is 84.5 cm³/mol. The molecule has 2 heterocycles. The van der Waals surface area contributed by atoms with E-state index in [-0.39, 0.29) is 16.7 Å². The van der Waals surface area contributed by atoms with E-state index < -0.39 is 0 Å². The number of fused-ring (bicyclic) bond motifs is 2. The molecule has 0 amide bonds. The lowest BCUT2D eigenvalue weighted by molar-refractivity contribution is 0.254. The van der Waals surface area contributed by atoms with E-state index in [1.807, 2.05) is 20.8 Å². The van der Waals surface area contributed by atoms with Crippen LogP contribution in [0.5, 0.6) is 0 Å². The summed E-state index contributed by atoms with van der Waals surface area (Å²) in [5.41, 5.74) is 3.07. The number of nitrogens with one attached hydrogen (secondary N) is 1. The molecular weight excluding hydrogens is 282 g/mol. The van der Waals surface area contributed by atoms with Crippen LogP contribution in [0.3, 0.4) is 0 Å². The van der Waals surface area contributed by atoms with E-state index in [0.29, 0.717) is 0 Å². The van der Waals surface area contributed by atoms with Crippen LogP contribution in [-0.2, 0) is 5.41 Å². The number of halogens is 1. The van der Waals surface area contributed by atoms with E-state index in [2.05, 4.69) is 17.5 Å². The minimum Gasteiger partial charge on any atom is -0.317 e. The van der Waals surface area contributed by atoms with E-state index in [0.717, 1.165) is 43.1 Å². The summed E-state index contributed by atoms with van der Waals surface area (Å²) in [6, 6.07) is 4.56. The number of aryl methyl sites for hydroxylation is 1. The standard InChI is InChI=1S/C17H22ClN3/c1-11-14(18)8-12-13(16(2,3)10-19)9-17(15(12)21-11)4-6-20-7-5-17/h8,13,20H,4-7,9H2,1-3H3/t13-/m1/s1. The summed E-state index contributed by atoms with van der Waals surface area (Å²) in [5.74, 6) is 0.223. The zero-order valence-corrected chi connectivity index (χ0v) is 13.7. The van der Waals surface area contributed by atoms with Crippen LogP contribution in [-0.4, -0.2) is 18.1 Å². The van der Waals surface area contributed by atoms with Crippen molar-refractivity contribution >= 4 is 11.6 Å². The van der Waals surface area contributed by atoms with Crippen LogP contribution in [0.15, 0.2) is 6.07 Å². The van der Waals surface area contributed by atoms with Crippen LogP contribution >= 0.6 is 11.6 Å². The summed E-state index contributed by atoms with van der Waals surface area (Å²) in [6.07, 6.45) is 3.23. The maximum Gasteiger partial charge on any atom is 0.0690 e. The molecule has 1 atom stereocenters. The third-order valence-corrected chi connectivity index (χ3v) is 5.76. The smallest absolute Gasteiger partial charge is 0.0690 e. The highest BCUT2D eigenvalue weighted by Gasteiger charge is 2.50. The molecule has 0 bridgehead atoms. The van der Waals surface area contributed by atoms with Gasteiger partial charge in [0.05, 0.1) is 27.9 Å². The van der Waals surface area contributed by atoms with Gasteiger partial charge in [-0.05, 0) is 64.8 Å². The van der Waals surface area contributed by atoms with Crippen LogP contribution in [0.25, 0.3) is 0 Å². The summed E-state index contributed by atoms with van der Waals surface area (Å²) in [4.78, 5) is 4.86. The zero-order chi connectivity index (χ0) is 15.3. The fourth-order valence-corrected chi connectivity index (χ4v) is 4.11. The number of aromatic nitrogens is 1. The zero-order valence-electron chi connectivity index (χ0n) is 13.0. The lowest BCUT2D eigenvalue weighted by atomic mass is 9.71. The molecule has 1 aliphatic carbocycles. The lowest BCUT2D eigenvalue weighted by Gasteiger charge is -2.35. The summed E-state index contributed by atoms with van der Waals surface area (Å²) < 4.78 is 0. The molecule has 1 aromatic heterocycles. The third-order valence-electron chi connectivity index (χ3n) is 5.37. The van der Waals surface area contributed by atoms with E-state index in [1.54, 1.807) is 0 Å². The average Bonchev–Trinajstić information content (AvgIpc) is 2.76. The van der Waals surface area contributed by atoms with Crippen LogP contribution in [0.2, 0.25) is 5.02 Å². The Bertz CT molecular complexity index is 609. The summed E-state index contributed by atoms with van der Waals surface area (Å²) in [5, 5.41) is 13.7. The van der Waals surface area contributed by atoms with Crippen molar-refractivity contribution < 1.29 is 0 Å². The largest absolute Gasteiger partial charge is 0.317 e. The van der Waals surface area contributed by atoms with Crippen molar-refractivity contribution in [2.24, 2.45) is 5.41 Å². The molecule has 112 valence electrons. The Labute approximate surface area is 131 Å². The molecule has 0 aromatic carbocycles. The quantitative estimate of drug-likeness (QED) is 0.860. The number of pyridine rings is 1. The second-order valence-electron chi connectivity index (χ2n) is 7.11. The lowest BCUT2D eigenvalue weighted by Crippen LogP contribution is -2.39. The number of hydrogen-bond acceptors (Lipinski definition) is 3. The van der Waals surface area contributed by atoms with Crippen molar-refractivity contribution in [2.75, 3.05) is 13.1 Å². The minimum absolute atomic E-state index is 0.134. The normalized spacial score (nSPS) is 23.9. The second-order valence-corrected chi connectivity index (χ2v) is 7.52. The molecule has 1 fully saturated rings. The van der Waals surface area contributed by atoms with Crippen molar-refractivity contribution in [3.8, 4) is 6.07 Å². The molecule has 1 aliphatic heterocycles. The van der Waals surface area contributed by atoms with Crippen molar-refractivity contribution in [3.63, 3.8) is 0 Å². The van der Waals surface area contributed by atoms with Gasteiger partial charge in [-0.25, -0.2) is 0 Å². The molecule has 1 saturated heterocycles. The molecule has 2 aliphatic rings. The van der Waals surface area contributed by atoms with E-state index in [1.165, 1.54) is 11.3 Å². The van der Waals surface area contributed by atoms with Gasteiger partial charge in [0, 0.05) is 11.3 Å². The van der Waals surface area contributed by atoms with E-state index in [4.69, 9.17) is 16.6 Å². The van der Waals surface area contributed by atoms with Crippen molar-refractivity contribution in [1.29, 1.82) is 5.26 Å². The fraction of sp³-hybridized carbons (Fsp3) is 0.647. The van der Waals surface area contributed by atoms with Gasteiger partial charge in [-0.1, -0.05) is 11.6 Å². The van der Waals surface area contributed by atoms with Gasteiger partial charge in [-0.15, -0.1) is 0 Å². The second kappa shape index (κ2) is 4.97. The summed E-state index contributed by atoms with van der Waals surface area (Å²) >= 11 is 6.32. The van der Waals surface area contributed by atoms with E-state index in [9.17, 15) is 5.26 Å². The Morgan fingerprint density at radius 1 is 1.43 bits per heavy atom. The molecule has 0 radical (unpaired) electrons. The summed E-state index contributed by atoms with van der Waals surface area (Å²) in [6.45, 7) is 8.11. The minimum atomic E-state index is -0.386. The molecule has 1 N–H and O–H groups in total. The highest BCUT2D eigenvalue weighted by molar-refractivity contribution is 6.31. The average molecular weight is 304 g/mol. The van der Waals surface area contributed by atoms with Gasteiger partial charge in [0.15, 0.2) is 0 Å². The highest BCUT2D eigenvalue weighted by atomic mass is 35.5. The van der Waals surface area contributed by atoms with Crippen LogP contribution < -0.4 is 5.32 Å². The van der Waals surface area contributed by atoms with Crippen LogP contribution in [0.4, 0.5) is 0 Å². The molecule has 1 spiro atoms. The maximum absolute atomic E-state index is 9.57. The Morgan fingerprint density at radius 3 is 2.71 bits per heavy atom. The molecule has 0 saturated carbocycles. The van der Waals surface area contributed by atoms with Crippen molar-refractivity contribution in [3.05, 3.63) is 28.0 Å². The third kappa shape index (κ3) is 2.25. The number of nitrogens with zero attached hydrogens (tertiary/aromatic N) is 2. The van der Waals surface area contributed by atoms with Crippen molar-refractivity contribution in [2.45, 2.75) is 51.4 Å². The topological polar surface area (TPSA) is 48.7 Å². The number of hydrogen-bond donors (Lipinski definition) is 1. The van der Waals surface area contributed by atoms with E-state index >= 15 is 0 Å². The van der Waals surface area contributed by atoms with Gasteiger partial charge >= 0.3 is 0 Å². The summed E-state index contributed by atoms with van der Waals surface area (Å²) in [7, 11) is 0. The molecule has 21 heavy (non-hydrogen) atoms. The van der Waals surface area contributed by atoms with Gasteiger partial charge in [0.25, 0.3) is 0 Å². The van der Waals surface area contributed by atoms with Gasteiger partial charge in [0.1, 0.15) is 0 Å². The SMILES string of the molecule is Cc1nc2c(cc1Cl)[C@H](C(C)(C)C#N)CC21CCNCC1. The predicted octanol–water partition coefficient (Wildman–Crippen LogP) is 3.70. The monoisotopic (exact) mass is 303 g/mol. The molecule has 4 heteroatoms.